The van der Waals surface area contributed by atoms with Crippen LogP contribution in [0.15, 0.2) is 6.07 Å². The van der Waals surface area contributed by atoms with Gasteiger partial charge < -0.3 is 9.84 Å². The summed E-state index contributed by atoms with van der Waals surface area (Å²) in [6.07, 6.45) is -5.70. The highest BCUT2D eigenvalue weighted by Crippen LogP contribution is 2.27. The summed E-state index contributed by atoms with van der Waals surface area (Å²) in [5.41, 5.74) is -0.207. The van der Waals surface area contributed by atoms with Crippen molar-refractivity contribution in [3.63, 3.8) is 0 Å². The van der Waals surface area contributed by atoms with Crippen molar-refractivity contribution in [3.8, 4) is 5.88 Å². The van der Waals surface area contributed by atoms with Gasteiger partial charge in [0.1, 0.15) is 6.67 Å². The average Bonchev–Trinajstić information content (AvgIpc) is 2.19. The van der Waals surface area contributed by atoms with E-state index in [2.05, 4.69) is 9.72 Å². The van der Waals surface area contributed by atoms with Crippen LogP contribution in [0.5, 0.6) is 5.88 Å². The quantitative estimate of drug-likeness (QED) is 0.851. The molecule has 0 amide bonds. The molecule has 8 heteroatoms. The van der Waals surface area contributed by atoms with Crippen LogP contribution in [0.4, 0.5) is 17.6 Å². The minimum atomic E-state index is -5.01. The van der Waals surface area contributed by atoms with E-state index in [1.54, 1.807) is 0 Å². The number of carboxylic acids is 1. The first kappa shape index (κ1) is 14.2. The summed E-state index contributed by atoms with van der Waals surface area (Å²) in [4.78, 5) is 13.9. The first-order chi connectivity index (χ1) is 8.23. The molecule has 0 radical (unpaired) electrons. The Morgan fingerprint density at radius 2 is 2.11 bits per heavy atom. The number of aryl methyl sites for hydroxylation is 1. The Kier molecular flexibility index (Phi) is 4.10. The van der Waals surface area contributed by atoms with E-state index >= 15 is 0 Å². The number of alkyl halides is 4. The second kappa shape index (κ2) is 5.19. The molecule has 0 bridgehead atoms. The summed E-state index contributed by atoms with van der Waals surface area (Å²) in [5.74, 6) is -2.26. The summed E-state index contributed by atoms with van der Waals surface area (Å²) in [6.45, 7) is 0.359. The van der Waals surface area contributed by atoms with Gasteiger partial charge in [0, 0.05) is 5.56 Å². The Morgan fingerprint density at radius 3 is 2.56 bits per heavy atom. The highest BCUT2D eigenvalue weighted by Gasteiger charge is 2.33. The first-order valence-electron chi connectivity index (χ1n) is 4.76. The summed E-state index contributed by atoms with van der Waals surface area (Å²) in [5, 5.41) is 8.57. The monoisotopic (exact) mass is 267 g/mol. The van der Waals surface area contributed by atoms with Gasteiger partial charge in [-0.25, -0.2) is 9.37 Å². The van der Waals surface area contributed by atoms with E-state index in [1.807, 2.05) is 0 Å². The number of hydrogen-bond donors (Lipinski definition) is 1. The third-order valence-electron chi connectivity index (χ3n) is 2.04. The number of rotatable bonds is 4. The van der Waals surface area contributed by atoms with Crippen LogP contribution in [-0.2, 0) is 17.9 Å². The maximum atomic E-state index is 12.5. The van der Waals surface area contributed by atoms with Gasteiger partial charge in [-0.2, -0.15) is 0 Å². The first-order valence-corrected chi connectivity index (χ1v) is 4.76. The van der Waals surface area contributed by atoms with Crippen molar-refractivity contribution in [2.24, 2.45) is 0 Å². The largest absolute Gasteiger partial charge is 0.574 e. The zero-order chi connectivity index (χ0) is 13.9. The minimum Gasteiger partial charge on any atom is -0.481 e. The third kappa shape index (κ3) is 3.86. The SMILES string of the molecule is Cc1cc(CC(=O)O)c(OC(F)(F)F)nc1CF. The lowest BCUT2D eigenvalue weighted by atomic mass is 10.1. The third-order valence-corrected chi connectivity index (χ3v) is 2.04. The van der Waals surface area contributed by atoms with Crippen LogP contribution < -0.4 is 4.74 Å². The van der Waals surface area contributed by atoms with Crippen LogP contribution in [0, 0.1) is 6.92 Å². The smallest absolute Gasteiger partial charge is 0.481 e. The molecule has 0 fully saturated rings. The Balaban J connectivity index is 3.21. The Hall–Kier alpha value is -1.86. The van der Waals surface area contributed by atoms with Crippen molar-refractivity contribution in [2.75, 3.05) is 0 Å². The molecule has 0 unspecified atom stereocenters. The maximum absolute atomic E-state index is 12.5. The van der Waals surface area contributed by atoms with E-state index in [1.165, 1.54) is 6.92 Å². The number of halogens is 4. The molecule has 1 heterocycles. The number of nitrogens with zero attached hydrogens (tertiary/aromatic N) is 1. The molecule has 100 valence electrons. The fourth-order valence-electron chi connectivity index (χ4n) is 1.31. The van der Waals surface area contributed by atoms with Crippen molar-refractivity contribution in [3.05, 3.63) is 22.9 Å². The van der Waals surface area contributed by atoms with Crippen molar-refractivity contribution in [2.45, 2.75) is 26.4 Å². The van der Waals surface area contributed by atoms with Gasteiger partial charge in [0.2, 0.25) is 5.88 Å². The Labute approximate surface area is 99.2 Å². The zero-order valence-corrected chi connectivity index (χ0v) is 9.21. The van der Waals surface area contributed by atoms with Crippen molar-refractivity contribution in [1.29, 1.82) is 0 Å². The van der Waals surface area contributed by atoms with Crippen molar-refractivity contribution >= 4 is 5.97 Å². The fraction of sp³-hybridized carbons (Fsp3) is 0.400. The molecule has 0 aliphatic carbocycles. The molecule has 4 nitrogen and oxygen atoms in total. The molecule has 1 N–H and O–H groups in total. The number of carbonyl (C=O) groups is 1. The van der Waals surface area contributed by atoms with Crippen molar-refractivity contribution < 1.29 is 32.2 Å². The molecule has 1 aromatic rings. The topological polar surface area (TPSA) is 59.4 Å². The predicted octanol–water partition coefficient (Wildman–Crippen LogP) is 2.39. The summed E-state index contributed by atoms with van der Waals surface area (Å²) >= 11 is 0. The molecule has 0 spiro atoms. The van der Waals surface area contributed by atoms with Gasteiger partial charge in [-0.15, -0.1) is 13.2 Å². The van der Waals surface area contributed by atoms with Gasteiger partial charge in [0.15, 0.2) is 0 Å². The normalized spacial score (nSPS) is 11.4. The number of aliphatic carboxylic acids is 1. The second-order valence-electron chi connectivity index (χ2n) is 3.47. The number of pyridine rings is 1. The molecule has 0 saturated heterocycles. The van der Waals surface area contributed by atoms with Crippen LogP contribution >= 0.6 is 0 Å². The molecular formula is C10H9F4NO3. The highest BCUT2D eigenvalue weighted by atomic mass is 19.4. The van der Waals surface area contributed by atoms with E-state index < -0.39 is 31.3 Å². The molecule has 18 heavy (non-hydrogen) atoms. The standard InChI is InChI=1S/C10H9F4NO3/c1-5-2-6(3-8(16)17)9(15-7(5)4-11)18-10(12,13)14/h2H,3-4H2,1H3,(H,16,17). The lowest BCUT2D eigenvalue weighted by Crippen LogP contribution is -2.20. The average molecular weight is 267 g/mol. The van der Waals surface area contributed by atoms with Gasteiger partial charge in [0.25, 0.3) is 0 Å². The van der Waals surface area contributed by atoms with Crippen LogP contribution in [0.2, 0.25) is 0 Å². The van der Waals surface area contributed by atoms with Crippen LogP contribution in [0.3, 0.4) is 0 Å². The van der Waals surface area contributed by atoms with E-state index in [-0.39, 0.29) is 16.8 Å². The Bertz CT molecular complexity index is 459. The number of carboxylic acid groups (broad SMARTS) is 1. The summed E-state index contributed by atoms with van der Waals surface area (Å²) in [7, 11) is 0. The number of aromatic nitrogens is 1. The highest BCUT2D eigenvalue weighted by molar-refractivity contribution is 5.71. The molecule has 0 atom stereocenters. The zero-order valence-electron chi connectivity index (χ0n) is 9.21. The van der Waals surface area contributed by atoms with Crippen molar-refractivity contribution in [1.82, 2.24) is 4.98 Å². The fourth-order valence-corrected chi connectivity index (χ4v) is 1.31. The van der Waals surface area contributed by atoms with Gasteiger partial charge >= 0.3 is 12.3 Å². The summed E-state index contributed by atoms with van der Waals surface area (Å²) < 4.78 is 52.3. The van der Waals surface area contributed by atoms with Gasteiger partial charge in [-0.3, -0.25) is 4.79 Å². The van der Waals surface area contributed by atoms with Gasteiger partial charge in [0.05, 0.1) is 12.1 Å². The van der Waals surface area contributed by atoms with E-state index in [4.69, 9.17) is 5.11 Å². The molecule has 0 aliphatic rings. The Morgan fingerprint density at radius 1 is 1.50 bits per heavy atom. The number of hydrogen-bond acceptors (Lipinski definition) is 3. The maximum Gasteiger partial charge on any atom is 0.574 e. The second-order valence-corrected chi connectivity index (χ2v) is 3.47. The number of ether oxygens (including phenoxy) is 1. The lowest BCUT2D eigenvalue weighted by Gasteiger charge is -2.13. The molecule has 1 rings (SSSR count). The van der Waals surface area contributed by atoms with Crippen LogP contribution in [-0.4, -0.2) is 22.4 Å². The molecule has 0 saturated carbocycles. The summed E-state index contributed by atoms with van der Waals surface area (Å²) in [6, 6.07) is 1.12. The molecular weight excluding hydrogens is 258 g/mol. The molecule has 0 aliphatic heterocycles. The van der Waals surface area contributed by atoms with Gasteiger partial charge in [-0.1, -0.05) is 0 Å². The van der Waals surface area contributed by atoms with Crippen LogP contribution in [0.1, 0.15) is 16.8 Å². The van der Waals surface area contributed by atoms with E-state index in [0.29, 0.717) is 0 Å². The minimum absolute atomic E-state index is 0.219. The molecule has 1 aromatic heterocycles. The van der Waals surface area contributed by atoms with Crippen LogP contribution in [0.25, 0.3) is 0 Å². The van der Waals surface area contributed by atoms with E-state index in [0.717, 1.165) is 6.07 Å². The molecule has 0 aromatic carbocycles. The van der Waals surface area contributed by atoms with E-state index in [9.17, 15) is 22.4 Å². The van der Waals surface area contributed by atoms with Gasteiger partial charge in [-0.05, 0) is 18.6 Å². The lowest BCUT2D eigenvalue weighted by molar-refractivity contribution is -0.276. The predicted molar refractivity (Wildman–Crippen MR) is 51.8 cm³/mol.